The number of hydrogen-bond donors (Lipinski definition) is 1. The predicted octanol–water partition coefficient (Wildman–Crippen LogP) is 2.09. The smallest absolute Gasteiger partial charge is 0.00885 e. The molecule has 1 aromatic rings. The lowest BCUT2D eigenvalue weighted by Gasteiger charge is -2.27. The van der Waals surface area contributed by atoms with Gasteiger partial charge in [0.1, 0.15) is 0 Å². The van der Waals surface area contributed by atoms with Gasteiger partial charge in [0.15, 0.2) is 0 Å². The Balaban J connectivity index is 1.80. The summed E-state index contributed by atoms with van der Waals surface area (Å²) in [6.07, 6.45) is 2.65. The first-order valence-corrected chi connectivity index (χ1v) is 5.09. The first kappa shape index (κ1) is 7.57. The van der Waals surface area contributed by atoms with E-state index < -0.39 is 0 Å². The maximum atomic E-state index is 3.30. The molecule has 1 heterocycles. The topological polar surface area (TPSA) is 12.0 Å². The van der Waals surface area contributed by atoms with Crippen LogP contribution in [0.15, 0.2) is 24.3 Å². The molecule has 3 rings (SSSR count). The van der Waals surface area contributed by atoms with Crippen LogP contribution in [-0.2, 0) is 0 Å². The van der Waals surface area contributed by atoms with Crippen LogP contribution in [-0.4, -0.2) is 13.1 Å². The second-order valence-corrected chi connectivity index (χ2v) is 4.08. The van der Waals surface area contributed by atoms with Gasteiger partial charge in [0.05, 0.1) is 0 Å². The molecule has 1 radical (unpaired) electrons. The van der Waals surface area contributed by atoms with Crippen molar-refractivity contribution < 1.29 is 0 Å². The molecular weight excluding hydrogens is 158 g/mol. The molecule has 2 aliphatic rings. The maximum absolute atomic E-state index is 3.30. The van der Waals surface area contributed by atoms with Crippen molar-refractivity contribution >= 4 is 0 Å². The Morgan fingerprint density at radius 2 is 1.69 bits per heavy atom. The number of rotatable bonds is 2. The average Bonchev–Trinajstić information content (AvgIpc) is 2.85. The molecule has 1 N–H and O–H groups in total. The Kier molecular flexibility index (Phi) is 1.66. The Morgan fingerprint density at radius 1 is 1.00 bits per heavy atom. The third-order valence-electron chi connectivity index (χ3n) is 3.07. The van der Waals surface area contributed by atoms with E-state index in [1.807, 2.05) is 0 Å². The number of benzene rings is 1. The molecule has 1 heteroatoms. The second kappa shape index (κ2) is 2.85. The minimum Gasteiger partial charge on any atom is -0.315 e. The van der Waals surface area contributed by atoms with E-state index in [1.165, 1.54) is 24.0 Å². The SMILES string of the molecule is c1cc(C2CNC2)ccc1[C]1CC1. The molecule has 1 saturated carbocycles. The molecule has 1 aliphatic heterocycles. The summed E-state index contributed by atoms with van der Waals surface area (Å²) in [5, 5.41) is 3.30. The molecule has 0 bridgehead atoms. The highest BCUT2D eigenvalue weighted by molar-refractivity contribution is 5.39. The lowest BCUT2D eigenvalue weighted by atomic mass is 9.92. The molecule has 2 fully saturated rings. The molecule has 1 nitrogen and oxygen atoms in total. The summed E-state index contributed by atoms with van der Waals surface area (Å²) in [5.74, 6) is 2.41. The Bertz CT molecular complexity index is 293. The van der Waals surface area contributed by atoms with Crippen LogP contribution < -0.4 is 5.32 Å². The van der Waals surface area contributed by atoms with Gasteiger partial charge in [-0.2, -0.15) is 0 Å². The van der Waals surface area contributed by atoms with Crippen molar-refractivity contribution in [2.75, 3.05) is 13.1 Å². The van der Waals surface area contributed by atoms with Crippen molar-refractivity contribution in [1.29, 1.82) is 0 Å². The van der Waals surface area contributed by atoms with Gasteiger partial charge in [-0.25, -0.2) is 0 Å². The molecule has 1 aliphatic carbocycles. The van der Waals surface area contributed by atoms with Crippen LogP contribution in [0.25, 0.3) is 0 Å². The van der Waals surface area contributed by atoms with Gasteiger partial charge in [0.25, 0.3) is 0 Å². The van der Waals surface area contributed by atoms with Crippen LogP contribution in [0.5, 0.6) is 0 Å². The fourth-order valence-electron chi connectivity index (χ4n) is 1.87. The quantitative estimate of drug-likeness (QED) is 0.720. The minimum atomic E-state index is 0.776. The lowest BCUT2D eigenvalue weighted by molar-refractivity contribution is 0.448. The molecule has 0 unspecified atom stereocenters. The van der Waals surface area contributed by atoms with Crippen LogP contribution >= 0.6 is 0 Å². The van der Waals surface area contributed by atoms with Gasteiger partial charge in [-0.1, -0.05) is 24.3 Å². The second-order valence-electron chi connectivity index (χ2n) is 4.08. The largest absolute Gasteiger partial charge is 0.315 e. The Morgan fingerprint density at radius 3 is 2.15 bits per heavy atom. The summed E-state index contributed by atoms with van der Waals surface area (Å²) >= 11 is 0. The highest BCUT2D eigenvalue weighted by Gasteiger charge is 2.25. The van der Waals surface area contributed by atoms with E-state index in [4.69, 9.17) is 0 Å². The summed E-state index contributed by atoms with van der Waals surface area (Å²) in [5.41, 5.74) is 2.97. The van der Waals surface area contributed by atoms with Crippen LogP contribution in [0.1, 0.15) is 29.9 Å². The summed E-state index contributed by atoms with van der Waals surface area (Å²) in [7, 11) is 0. The van der Waals surface area contributed by atoms with E-state index in [0.29, 0.717) is 0 Å². The van der Waals surface area contributed by atoms with Crippen molar-refractivity contribution in [3.05, 3.63) is 41.3 Å². The molecule has 1 aromatic carbocycles. The highest BCUT2D eigenvalue weighted by Crippen LogP contribution is 2.39. The first-order chi connectivity index (χ1) is 6.43. The highest BCUT2D eigenvalue weighted by atomic mass is 14.9. The third kappa shape index (κ3) is 1.37. The standard InChI is InChI=1S/C12H14N/c1-2-9(1)10-3-5-11(6-4-10)12-7-13-8-12/h3-6,12-13H,1-2,7-8H2. The van der Waals surface area contributed by atoms with Crippen LogP contribution in [0, 0.1) is 5.92 Å². The molecule has 0 atom stereocenters. The fourth-order valence-corrected chi connectivity index (χ4v) is 1.87. The molecule has 67 valence electrons. The van der Waals surface area contributed by atoms with Crippen molar-refractivity contribution in [3.8, 4) is 0 Å². The summed E-state index contributed by atoms with van der Waals surface area (Å²) < 4.78 is 0. The molecule has 1 saturated heterocycles. The lowest BCUT2D eigenvalue weighted by Crippen LogP contribution is -2.39. The minimum absolute atomic E-state index is 0.776. The van der Waals surface area contributed by atoms with E-state index in [2.05, 4.69) is 29.6 Å². The van der Waals surface area contributed by atoms with E-state index in [9.17, 15) is 0 Å². The third-order valence-corrected chi connectivity index (χ3v) is 3.07. The van der Waals surface area contributed by atoms with Crippen LogP contribution in [0.3, 0.4) is 0 Å². The van der Waals surface area contributed by atoms with E-state index in [0.717, 1.165) is 19.0 Å². The van der Waals surface area contributed by atoms with Gasteiger partial charge >= 0.3 is 0 Å². The van der Waals surface area contributed by atoms with Gasteiger partial charge < -0.3 is 5.32 Å². The molecule has 0 aromatic heterocycles. The summed E-state index contributed by atoms with van der Waals surface area (Å²) in [6, 6.07) is 9.17. The molecule has 0 spiro atoms. The van der Waals surface area contributed by atoms with E-state index >= 15 is 0 Å². The van der Waals surface area contributed by atoms with Crippen molar-refractivity contribution in [2.45, 2.75) is 18.8 Å². The van der Waals surface area contributed by atoms with E-state index in [-0.39, 0.29) is 0 Å². The Hall–Kier alpha value is -0.820. The summed E-state index contributed by atoms with van der Waals surface area (Å²) in [4.78, 5) is 0. The van der Waals surface area contributed by atoms with Gasteiger partial charge in [-0.15, -0.1) is 0 Å². The van der Waals surface area contributed by atoms with Crippen LogP contribution in [0.4, 0.5) is 0 Å². The molecule has 13 heavy (non-hydrogen) atoms. The van der Waals surface area contributed by atoms with Crippen LogP contribution in [0.2, 0.25) is 0 Å². The Labute approximate surface area is 79.2 Å². The zero-order chi connectivity index (χ0) is 8.67. The molecular formula is C12H14N. The number of hydrogen-bond acceptors (Lipinski definition) is 1. The van der Waals surface area contributed by atoms with Gasteiger partial charge in [-0.05, 0) is 24.0 Å². The maximum Gasteiger partial charge on any atom is 0.00885 e. The zero-order valence-electron chi connectivity index (χ0n) is 7.72. The van der Waals surface area contributed by atoms with Crippen molar-refractivity contribution in [1.82, 2.24) is 5.32 Å². The van der Waals surface area contributed by atoms with Gasteiger partial charge in [0, 0.05) is 24.9 Å². The normalized spacial score (nSPS) is 22.8. The first-order valence-electron chi connectivity index (χ1n) is 5.09. The molecule has 0 amide bonds. The van der Waals surface area contributed by atoms with Crippen molar-refractivity contribution in [2.24, 2.45) is 0 Å². The summed E-state index contributed by atoms with van der Waals surface area (Å²) in [6.45, 7) is 2.33. The van der Waals surface area contributed by atoms with Gasteiger partial charge in [0.2, 0.25) is 0 Å². The monoisotopic (exact) mass is 172 g/mol. The predicted molar refractivity (Wildman–Crippen MR) is 53.6 cm³/mol. The average molecular weight is 172 g/mol. The van der Waals surface area contributed by atoms with E-state index in [1.54, 1.807) is 5.92 Å². The zero-order valence-corrected chi connectivity index (χ0v) is 7.72. The number of nitrogens with one attached hydrogen (secondary N) is 1. The van der Waals surface area contributed by atoms with Crippen molar-refractivity contribution in [3.63, 3.8) is 0 Å². The van der Waals surface area contributed by atoms with Gasteiger partial charge in [-0.3, -0.25) is 0 Å². The fraction of sp³-hybridized carbons (Fsp3) is 0.417.